The first-order valence-electron chi connectivity index (χ1n) is 9.09. The van der Waals surface area contributed by atoms with E-state index in [0.29, 0.717) is 6.54 Å². The summed E-state index contributed by atoms with van der Waals surface area (Å²) < 4.78 is 0. The van der Waals surface area contributed by atoms with Crippen molar-refractivity contribution >= 4 is 23.4 Å². The van der Waals surface area contributed by atoms with E-state index in [0.717, 1.165) is 42.7 Å². The zero-order valence-corrected chi connectivity index (χ0v) is 16.2. The first kappa shape index (κ1) is 19.8. The fraction of sp³-hybridized carbons (Fsp3) is 0.600. The average molecular weight is 365 g/mol. The first-order chi connectivity index (χ1) is 11.7. The molecule has 1 fully saturated rings. The Balaban J connectivity index is 1.71. The average Bonchev–Trinajstić information content (AvgIpc) is 2.53. The molecular formula is C20H29ClN2O2. The third kappa shape index (κ3) is 6.69. The fourth-order valence-corrected chi connectivity index (χ4v) is 3.47. The number of carbonyl (C=O) groups is 2. The van der Waals surface area contributed by atoms with Crippen LogP contribution >= 0.6 is 11.6 Å². The minimum atomic E-state index is -0.203. The molecule has 1 saturated carbocycles. The highest BCUT2D eigenvalue weighted by Crippen LogP contribution is 2.29. The number of rotatable bonds is 5. The highest BCUT2D eigenvalue weighted by atomic mass is 35.5. The lowest BCUT2D eigenvalue weighted by atomic mass is 9.81. The Labute approximate surface area is 155 Å². The van der Waals surface area contributed by atoms with Gasteiger partial charge in [-0.2, -0.15) is 0 Å². The van der Waals surface area contributed by atoms with E-state index in [1.807, 2.05) is 45.0 Å². The van der Waals surface area contributed by atoms with Crippen LogP contribution in [-0.4, -0.2) is 23.9 Å². The number of halogens is 1. The summed E-state index contributed by atoms with van der Waals surface area (Å²) in [7, 11) is 0. The Hall–Kier alpha value is -1.55. The standard InChI is InChI=1S/C20H29ClN2O2/c1-20(2,3)23-19(25)16-9-7-15(8-10-16)18(24)22-12-11-14-5-4-6-17(21)13-14/h4-6,13,15-16H,7-12H2,1-3H3,(H,22,24)(H,23,25). The summed E-state index contributed by atoms with van der Waals surface area (Å²) in [6.07, 6.45) is 3.91. The van der Waals surface area contributed by atoms with Gasteiger partial charge in [0.05, 0.1) is 0 Å². The maximum atomic E-state index is 12.3. The number of carbonyl (C=O) groups excluding carboxylic acids is 2. The van der Waals surface area contributed by atoms with E-state index in [1.54, 1.807) is 0 Å². The van der Waals surface area contributed by atoms with Gasteiger partial charge in [-0.3, -0.25) is 9.59 Å². The number of hydrogen-bond donors (Lipinski definition) is 2. The van der Waals surface area contributed by atoms with Crippen LogP contribution in [-0.2, 0) is 16.0 Å². The lowest BCUT2D eigenvalue weighted by Gasteiger charge is -2.30. The van der Waals surface area contributed by atoms with Crippen LogP contribution in [0.2, 0.25) is 5.02 Å². The second-order valence-electron chi connectivity index (χ2n) is 7.96. The second kappa shape index (κ2) is 8.70. The molecule has 0 aromatic heterocycles. The Morgan fingerprint density at radius 3 is 2.24 bits per heavy atom. The van der Waals surface area contributed by atoms with E-state index in [9.17, 15) is 9.59 Å². The van der Waals surface area contributed by atoms with Crippen LogP contribution in [0.4, 0.5) is 0 Å². The minimum Gasteiger partial charge on any atom is -0.356 e. The van der Waals surface area contributed by atoms with Crippen LogP contribution < -0.4 is 10.6 Å². The third-order valence-electron chi connectivity index (χ3n) is 4.57. The molecule has 4 nitrogen and oxygen atoms in total. The molecular weight excluding hydrogens is 336 g/mol. The first-order valence-corrected chi connectivity index (χ1v) is 9.46. The molecule has 138 valence electrons. The molecule has 1 aromatic carbocycles. The lowest BCUT2D eigenvalue weighted by Crippen LogP contribution is -2.45. The largest absolute Gasteiger partial charge is 0.356 e. The molecule has 0 atom stereocenters. The van der Waals surface area contributed by atoms with E-state index in [-0.39, 0.29) is 29.2 Å². The second-order valence-corrected chi connectivity index (χ2v) is 8.40. The van der Waals surface area contributed by atoms with Gasteiger partial charge in [0.15, 0.2) is 0 Å². The molecule has 0 unspecified atom stereocenters. The molecule has 0 radical (unpaired) electrons. The van der Waals surface area contributed by atoms with Gasteiger partial charge in [0, 0.05) is 28.9 Å². The van der Waals surface area contributed by atoms with E-state index in [1.165, 1.54) is 0 Å². The maximum absolute atomic E-state index is 12.3. The van der Waals surface area contributed by atoms with Crippen molar-refractivity contribution in [3.05, 3.63) is 34.9 Å². The van der Waals surface area contributed by atoms with Crippen LogP contribution in [0.25, 0.3) is 0 Å². The number of amides is 2. The fourth-order valence-electron chi connectivity index (χ4n) is 3.26. The monoisotopic (exact) mass is 364 g/mol. The molecule has 2 rings (SSSR count). The van der Waals surface area contributed by atoms with Crippen LogP contribution in [0.1, 0.15) is 52.0 Å². The summed E-state index contributed by atoms with van der Waals surface area (Å²) in [5, 5.41) is 6.78. The predicted molar refractivity (Wildman–Crippen MR) is 102 cm³/mol. The minimum absolute atomic E-state index is 0.0260. The summed E-state index contributed by atoms with van der Waals surface area (Å²) in [6, 6.07) is 7.70. The van der Waals surface area contributed by atoms with Gasteiger partial charge in [-0.1, -0.05) is 23.7 Å². The zero-order chi connectivity index (χ0) is 18.4. The Bertz CT molecular complexity index is 602. The molecule has 1 aromatic rings. The van der Waals surface area contributed by atoms with Crippen molar-refractivity contribution in [3.8, 4) is 0 Å². The summed E-state index contributed by atoms with van der Waals surface area (Å²) in [6.45, 7) is 6.58. The zero-order valence-electron chi connectivity index (χ0n) is 15.4. The van der Waals surface area contributed by atoms with E-state index < -0.39 is 0 Å². The summed E-state index contributed by atoms with van der Waals surface area (Å²) in [5.74, 6) is 0.289. The van der Waals surface area contributed by atoms with Gasteiger partial charge in [-0.25, -0.2) is 0 Å². The van der Waals surface area contributed by atoms with Crippen LogP contribution in [0, 0.1) is 11.8 Å². The van der Waals surface area contributed by atoms with Gasteiger partial charge in [0.25, 0.3) is 0 Å². The molecule has 25 heavy (non-hydrogen) atoms. The van der Waals surface area contributed by atoms with Crippen molar-refractivity contribution in [2.75, 3.05) is 6.54 Å². The van der Waals surface area contributed by atoms with Gasteiger partial charge in [0.2, 0.25) is 11.8 Å². The van der Waals surface area contributed by atoms with Crippen molar-refractivity contribution in [1.82, 2.24) is 10.6 Å². The van der Waals surface area contributed by atoms with Crippen LogP contribution in [0.15, 0.2) is 24.3 Å². The number of benzene rings is 1. The van der Waals surface area contributed by atoms with Crippen molar-refractivity contribution in [2.45, 2.75) is 58.4 Å². The predicted octanol–water partition coefficient (Wildman–Crippen LogP) is 3.72. The third-order valence-corrected chi connectivity index (χ3v) is 4.80. The van der Waals surface area contributed by atoms with Crippen molar-refractivity contribution in [1.29, 1.82) is 0 Å². The Kier molecular flexibility index (Phi) is 6.88. The Morgan fingerprint density at radius 2 is 1.68 bits per heavy atom. The van der Waals surface area contributed by atoms with Gasteiger partial charge in [-0.15, -0.1) is 0 Å². The summed E-state index contributed by atoms with van der Waals surface area (Å²) in [4.78, 5) is 24.5. The SMILES string of the molecule is CC(C)(C)NC(=O)C1CCC(C(=O)NCCc2cccc(Cl)c2)CC1. The van der Waals surface area contributed by atoms with Gasteiger partial charge in [-0.05, 0) is 70.6 Å². The molecule has 0 spiro atoms. The van der Waals surface area contributed by atoms with E-state index >= 15 is 0 Å². The highest BCUT2D eigenvalue weighted by molar-refractivity contribution is 6.30. The van der Waals surface area contributed by atoms with E-state index in [2.05, 4.69) is 10.6 Å². The molecule has 1 aliphatic carbocycles. The summed E-state index contributed by atoms with van der Waals surface area (Å²) >= 11 is 5.97. The molecule has 2 N–H and O–H groups in total. The molecule has 2 amide bonds. The molecule has 0 bridgehead atoms. The van der Waals surface area contributed by atoms with Crippen molar-refractivity contribution in [3.63, 3.8) is 0 Å². The lowest BCUT2D eigenvalue weighted by molar-refractivity contribution is -0.131. The van der Waals surface area contributed by atoms with E-state index in [4.69, 9.17) is 11.6 Å². The maximum Gasteiger partial charge on any atom is 0.223 e. The molecule has 1 aliphatic rings. The van der Waals surface area contributed by atoms with Gasteiger partial charge < -0.3 is 10.6 Å². The molecule has 0 aliphatic heterocycles. The molecule has 5 heteroatoms. The number of hydrogen-bond acceptors (Lipinski definition) is 2. The summed E-state index contributed by atoms with van der Waals surface area (Å²) in [5.41, 5.74) is 0.918. The van der Waals surface area contributed by atoms with Crippen molar-refractivity contribution < 1.29 is 9.59 Å². The number of nitrogens with one attached hydrogen (secondary N) is 2. The topological polar surface area (TPSA) is 58.2 Å². The quantitative estimate of drug-likeness (QED) is 0.836. The molecule has 0 saturated heterocycles. The van der Waals surface area contributed by atoms with Crippen LogP contribution in [0.5, 0.6) is 0 Å². The van der Waals surface area contributed by atoms with Gasteiger partial charge >= 0.3 is 0 Å². The molecule has 0 heterocycles. The normalized spacial score (nSPS) is 20.8. The highest BCUT2D eigenvalue weighted by Gasteiger charge is 2.31. The van der Waals surface area contributed by atoms with Crippen molar-refractivity contribution in [2.24, 2.45) is 11.8 Å². The smallest absolute Gasteiger partial charge is 0.223 e. The van der Waals surface area contributed by atoms with Crippen LogP contribution in [0.3, 0.4) is 0 Å². The van der Waals surface area contributed by atoms with Gasteiger partial charge in [0.1, 0.15) is 0 Å². The Morgan fingerprint density at radius 1 is 1.08 bits per heavy atom.